The van der Waals surface area contributed by atoms with Crippen molar-refractivity contribution in [2.45, 2.75) is 64.6 Å². The number of carbonyl (C=O) groups is 3. The molecular formula is C27H34FN3O5S. The number of benzene rings is 2. The first-order valence-corrected chi connectivity index (χ1v) is 14.3. The molecule has 0 spiro atoms. The molecule has 8 nitrogen and oxygen atoms in total. The first-order chi connectivity index (χ1) is 17.5. The second-order valence-corrected chi connectivity index (χ2v) is 11.3. The molecule has 1 aliphatic rings. The second-order valence-electron chi connectivity index (χ2n) is 9.44. The van der Waals surface area contributed by atoms with Crippen LogP contribution in [0.4, 0.5) is 10.1 Å². The zero-order valence-corrected chi connectivity index (χ0v) is 22.3. The van der Waals surface area contributed by atoms with Crippen molar-refractivity contribution in [3.05, 3.63) is 65.5 Å². The third-order valence-electron chi connectivity index (χ3n) is 6.57. The summed E-state index contributed by atoms with van der Waals surface area (Å²) in [4.78, 5) is 40.2. The Kier molecular flexibility index (Phi) is 9.42. The van der Waals surface area contributed by atoms with E-state index in [-0.39, 0.29) is 30.0 Å². The number of rotatable bonds is 11. The predicted octanol–water partition coefficient (Wildman–Crippen LogP) is 3.66. The number of Topliss-reactive ketones (excluding diaryl/α,β-unsaturated/α-hetero) is 1. The lowest BCUT2D eigenvalue weighted by atomic mass is 10.1. The molecule has 3 rings (SSSR count). The zero-order valence-electron chi connectivity index (χ0n) is 21.4. The normalized spacial score (nSPS) is 14.7. The van der Waals surface area contributed by atoms with Crippen molar-refractivity contribution >= 4 is 33.3 Å². The molecule has 0 saturated heterocycles. The van der Waals surface area contributed by atoms with Crippen molar-refractivity contribution in [1.29, 1.82) is 0 Å². The molecule has 2 amide bonds. The van der Waals surface area contributed by atoms with Gasteiger partial charge in [0.15, 0.2) is 5.78 Å². The van der Waals surface area contributed by atoms with Gasteiger partial charge >= 0.3 is 0 Å². The SMILES string of the molecule is CC[C@@H](C(=O)NC1CCCC1)N(Cc1ccc(F)cc1)C(=O)CN(c1cccc(C(C)=O)c1)S(C)(=O)=O. The summed E-state index contributed by atoms with van der Waals surface area (Å²) in [7, 11) is -3.91. The summed E-state index contributed by atoms with van der Waals surface area (Å²) in [6.45, 7) is 2.60. The summed E-state index contributed by atoms with van der Waals surface area (Å²) in [5, 5.41) is 3.03. The molecule has 0 aliphatic heterocycles. The number of halogens is 1. The standard InChI is InChI=1S/C27H34FN3O5S/c1-4-25(27(34)29-23-9-5-6-10-23)30(17-20-12-14-22(28)15-13-20)26(33)18-31(37(3,35)36)24-11-7-8-21(16-24)19(2)32/h7-8,11-16,23,25H,4-6,9-10,17-18H2,1-3H3,(H,29,34)/t25-/m0/s1. The number of nitrogens with zero attached hydrogens (tertiary/aromatic N) is 2. The van der Waals surface area contributed by atoms with Crippen LogP contribution in [0.1, 0.15) is 61.9 Å². The van der Waals surface area contributed by atoms with Gasteiger partial charge in [-0.1, -0.05) is 44.0 Å². The lowest BCUT2D eigenvalue weighted by Crippen LogP contribution is -2.53. The van der Waals surface area contributed by atoms with Crippen LogP contribution in [0, 0.1) is 5.82 Å². The van der Waals surface area contributed by atoms with E-state index in [1.807, 2.05) is 0 Å². The fourth-order valence-electron chi connectivity index (χ4n) is 4.57. The third-order valence-corrected chi connectivity index (χ3v) is 7.71. The molecular weight excluding hydrogens is 497 g/mol. The van der Waals surface area contributed by atoms with Gasteiger partial charge in [-0.3, -0.25) is 18.7 Å². The predicted molar refractivity (Wildman–Crippen MR) is 140 cm³/mol. The molecule has 200 valence electrons. The van der Waals surface area contributed by atoms with E-state index in [0.717, 1.165) is 36.2 Å². The summed E-state index contributed by atoms with van der Waals surface area (Å²) in [5.74, 6) is -1.55. The highest BCUT2D eigenvalue weighted by Crippen LogP contribution is 2.22. The fourth-order valence-corrected chi connectivity index (χ4v) is 5.41. The van der Waals surface area contributed by atoms with Crippen molar-refractivity contribution in [2.24, 2.45) is 0 Å². The lowest BCUT2D eigenvalue weighted by molar-refractivity contribution is -0.140. The van der Waals surface area contributed by atoms with E-state index in [1.54, 1.807) is 19.1 Å². The van der Waals surface area contributed by atoms with Gasteiger partial charge in [0.25, 0.3) is 0 Å². The van der Waals surface area contributed by atoms with Crippen molar-refractivity contribution < 1.29 is 27.2 Å². The average Bonchev–Trinajstić information content (AvgIpc) is 3.35. The van der Waals surface area contributed by atoms with Gasteiger partial charge in [-0.25, -0.2) is 12.8 Å². The largest absolute Gasteiger partial charge is 0.352 e. The number of ketones is 1. The Bertz CT molecular complexity index is 1230. The quantitative estimate of drug-likeness (QED) is 0.446. The van der Waals surface area contributed by atoms with Crippen LogP contribution in [-0.2, 0) is 26.2 Å². The molecule has 0 radical (unpaired) electrons. The van der Waals surface area contributed by atoms with Crippen molar-refractivity contribution in [1.82, 2.24) is 10.2 Å². The Balaban J connectivity index is 1.94. The summed E-state index contributed by atoms with van der Waals surface area (Å²) in [6.07, 6.45) is 5.11. The molecule has 0 aromatic heterocycles. The summed E-state index contributed by atoms with van der Waals surface area (Å²) >= 11 is 0. The van der Waals surface area contributed by atoms with Crippen LogP contribution < -0.4 is 9.62 Å². The highest BCUT2D eigenvalue weighted by atomic mass is 32.2. The maximum Gasteiger partial charge on any atom is 0.244 e. The van der Waals surface area contributed by atoms with Gasteiger partial charge in [0.2, 0.25) is 21.8 Å². The Hall–Kier alpha value is -3.27. The Labute approximate surface area is 217 Å². The van der Waals surface area contributed by atoms with Crippen molar-refractivity contribution in [3.8, 4) is 0 Å². The number of hydrogen-bond donors (Lipinski definition) is 1. The molecule has 2 aromatic rings. The molecule has 37 heavy (non-hydrogen) atoms. The second kappa shape index (κ2) is 12.3. The van der Waals surface area contributed by atoms with Gasteiger partial charge in [-0.2, -0.15) is 0 Å². The van der Waals surface area contributed by atoms with Gasteiger partial charge < -0.3 is 10.2 Å². The van der Waals surface area contributed by atoms with E-state index in [4.69, 9.17) is 0 Å². The van der Waals surface area contributed by atoms with Crippen LogP contribution in [0.3, 0.4) is 0 Å². The number of carbonyl (C=O) groups excluding carboxylic acids is 3. The summed E-state index contributed by atoms with van der Waals surface area (Å²) < 4.78 is 39.9. The average molecular weight is 532 g/mol. The Morgan fingerprint density at radius 1 is 1.08 bits per heavy atom. The van der Waals surface area contributed by atoms with Gasteiger partial charge in [0.05, 0.1) is 11.9 Å². The van der Waals surface area contributed by atoms with Gasteiger partial charge in [0, 0.05) is 18.2 Å². The summed E-state index contributed by atoms with van der Waals surface area (Å²) in [6, 6.07) is 10.9. The molecule has 10 heteroatoms. The molecule has 0 bridgehead atoms. The fraction of sp³-hybridized carbons (Fsp3) is 0.444. The number of anilines is 1. The minimum atomic E-state index is -3.91. The maximum absolute atomic E-state index is 13.7. The zero-order chi connectivity index (χ0) is 27.2. The summed E-state index contributed by atoms with van der Waals surface area (Å²) in [5.41, 5.74) is 1.09. The minimum Gasteiger partial charge on any atom is -0.352 e. The first-order valence-electron chi connectivity index (χ1n) is 12.4. The minimum absolute atomic E-state index is 0.000788. The molecule has 1 aliphatic carbocycles. The van der Waals surface area contributed by atoms with Gasteiger partial charge in [0.1, 0.15) is 18.4 Å². The molecule has 1 N–H and O–H groups in total. The van der Waals surface area contributed by atoms with Crippen LogP contribution in [0.25, 0.3) is 0 Å². The highest BCUT2D eigenvalue weighted by Gasteiger charge is 2.33. The van der Waals surface area contributed by atoms with Gasteiger partial charge in [-0.05, 0) is 56.0 Å². The molecule has 2 aromatic carbocycles. The van der Waals surface area contributed by atoms with E-state index in [9.17, 15) is 27.2 Å². The third kappa shape index (κ3) is 7.61. The van der Waals surface area contributed by atoms with E-state index in [2.05, 4.69) is 5.32 Å². The van der Waals surface area contributed by atoms with Gasteiger partial charge in [-0.15, -0.1) is 0 Å². The van der Waals surface area contributed by atoms with Crippen LogP contribution in [0.15, 0.2) is 48.5 Å². The molecule has 1 fully saturated rings. The van der Waals surface area contributed by atoms with E-state index in [0.29, 0.717) is 17.5 Å². The van der Waals surface area contributed by atoms with E-state index >= 15 is 0 Å². The van der Waals surface area contributed by atoms with Crippen molar-refractivity contribution in [2.75, 3.05) is 17.1 Å². The first kappa shape index (κ1) is 28.3. The number of sulfonamides is 1. The van der Waals surface area contributed by atoms with Crippen LogP contribution in [0.2, 0.25) is 0 Å². The monoisotopic (exact) mass is 531 g/mol. The van der Waals surface area contributed by atoms with E-state index < -0.39 is 34.3 Å². The van der Waals surface area contributed by atoms with Crippen molar-refractivity contribution in [3.63, 3.8) is 0 Å². The number of nitrogens with one attached hydrogen (secondary N) is 1. The van der Waals surface area contributed by atoms with E-state index in [1.165, 1.54) is 48.2 Å². The molecule has 0 unspecified atom stereocenters. The molecule has 1 saturated carbocycles. The molecule has 1 atom stereocenters. The van der Waals surface area contributed by atoms with Crippen LogP contribution in [0.5, 0.6) is 0 Å². The van der Waals surface area contributed by atoms with Crippen LogP contribution in [-0.4, -0.2) is 55.8 Å². The Morgan fingerprint density at radius 2 is 1.73 bits per heavy atom. The Morgan fingerprint density at radius 3 is 2.30 bits per heavy atom. The highest BCUT2D eigenvalue weighted by molar-refractivity contribution is 7.92. The topological polar surface area (TPSA) is 104 Å². The number of amides is 2. The molecule has 0 heterocycles. The van der Waals surface area contributed by atoms with Crippen LogP contribution >= 0.6 is 0 Å². The lowest BCUT2D eigenvalue weighted by Gasteiger charge is -2.33. The number of hydrogen-bond acceptors (Lipinski definition) is 5. The smallest absolute Gasteiger partial charge is 0.244 e. The maximum atomic E-state index is 13.7.